The van der Waals surface area contributed by atoms with Crippen LogP contribution in [0.4, 0.5) is 5.69 Å². The van der Waals surface area contributed by atoms with Crippen molar-refractivity contribution in [3.8, 4) is 23.8 Å². The van der Waals surface area contributed by atoms with E-state index in [4.69, 9.17) is 20.7 Å². The van der Waals surface area contributed by atoms with E-state index in [-0.39, 0.29) is 18.9 Å². The molecular formula is C22H22N2O5. The third-order valence-electron chi connectivity index (χ3n) is 3.75. The van der Waals surface area contributed by atoms with Crippen molar-refractivity contribution in [3.63, 3.8) is 0 Å². The lowest BCUT2D eigenvalue weighted by Crippen LogP contribution is -2.04. The highest BCUT2D eigenvalue weighted by atomic mass is 16.6. The van der Waals surface area contributed by atoms with Crippen LogP contribution < -0.4 is 9.47 Å². The Bertz CT molecular complexity index is 931. The van der Waals surface area contributed by atoms with Crippen molar-refractivity contribution >= 4 is 11.9 Å². The van der Waals surface area contributed by atoms with Crippen molar-refractivity contribution < 1.29 is 19.2 Å². The molecule has 2 aromatic rings. The molecule has 0 spiro atoms. The van der Waals surface area contributed by atoms with E-state index < -0.39 is 4.92 Å². The second-order valence-corrected chi connectivity index (χ2v) is 5.86. The van der Waals surface area contributed by atoms with Crippen LogP contribution in [0.5, 0.6) is 11.5 Å². The molecule has 0 bridgehead atoms. The maximum atomic E-state index is 10.8. The summed E-state index contributed by atoms with van der Waals surface area (Å²) in [5.41, 5.74) is 2.27. The van der Waals surface area contributed by atoms with Crippen molar-refractivity contribution in [1.82, 2.24) is 0 Å². The molecule has 0 heterocycles. The average Bonchev–Trinajstić information content (AvgIpc) is 2.71. The summed E-state index contributed by atoms with van der Waals surface area (Å²) in [5.74, 6) is 3.59. The van der Waals surface area contributed by atoms with Gasteiger partial charge >= 0.3 is 0 Å². The number of allylic oxidation sites excluding steroid dienone is 1. The molecule has 0 aliphatic rings. The molecule has 0 aliphatic heterocycles. The van der Waals surface area contributed by atoms with Gasteiger partial charge in [-0.1, -0.05) is 29.3 Å². The number of nitro groups is 1. The fourth-order valence-electron chi connectivity index (χ4n) is 2.58. The lowest BCUT2D eigenvalue weighted by molar-refractivity contribution is -0.384. The fraction of sp³-hybridized carbons (Fsp3) is 0.227. The van der Waals surface area contributed by atoms with Crippen molar-refractivity contribution in [3.05, 3.63) is 75.9 Å². The summed E-state index contributed by atoms with van der Waals surface area (Å²) in [4.78, 5) is 15.7. The molecule has 0 aromatic heterocycles. The molecule has 0 aliphatic carbocycles. The second-order valence-electron chi connectivity index (χ2n) is 5.86. The Kier molecular flexibility index (Phi) is 8.27. The van der Waals surface area contributed by atoms with Gasteiger partial charge < -0.3 is 14.3 Å². The molecule has 0 unspecified atom stereocenters. The van der Waals surface area contributed by atoms with Crippen LogP contribution >= 0.6 is 0 Å². The molecule has 2 aromatic carbocycles. The molecule has 7 nitrogen and oxygen atoms in total. The molecular weight excluding hydrogens is 372 g/mol. The van der Waals surface area contributed by atoms with Crippen molar-refractivity contribution in [2.45, 2.75) is 20.0 Å². The molecule has 0 amide bonds. The average molecular weight is 394 g/mol. The Morgan fingerprint density at radius 1 is 1.31 bits per heavy atom. The summed E-state index contributed by atoms with van der Waals surface area (Å²) in [7, 11) is 0. The number of nitro benzene ring substituents is 1. The highest BCUT2D eigenvalue weighted by Gasteiger charge is 2.13. The van der Waals surface area contributed by atoms with E-state index >= 15 is 0 Å². The van der Waals surface area contributed by atoms with Crippen molar-refractivity contribution in [1.29, 1.82) is 0 Å². The predicted octanol–water partition coefficient (Wildman–Crippen LogP) is 4.28. The Morgan fingerprint density at radius 3 is 2.83 bits per heavy atom. The SMILES string of the molecule is C#CCOc1c(CC=C)cc(/C=N\OCc2cccc([N+](=O)[O-])c2)cc1OCC. The molecule has 29 heavy (non-hydrogen) atoms. The van der Waals surface area contributed by atoms with Gasteiger partial charge in [0.05, 0.1) is 17.7 Å². The van der Waals surface area contributed by atoms with Gasteiger partial charge in [0.1, 0.15) is 13.2 Å². The van der Waals surface area contributed by atoms with E-state index in [9.17, 15) is 10.1 Å². The molecule has 150 valence electrons. The first-order chi connectivity index (χ1) is 14.1. The van der Waals surface area contributed by atoms with Gasteiger partial charge in [-0.05, 0) is 31.0 Å². The van der Waals surface area contributed by atoms with Gasteiger partial charge in [0.15, 0.2) is 11.5 Å². The van der Waals surface area contributed by atoms with Gasteiger partial charge in [-0.25, -0.2) is 0 Å². The third-order valence-corrected chi connectivity index (χ3v) is 3.75. The number of ether oxygens (including phenoxy) is 2. The minimum atomic E-state index is -0.451. The van der Waals surface area contributed by atoms with E-state index in [0.29, 0.717) is 30.1 Å². The molecule has 0 saturated heterocycles. The fourth-order valence-corrected chi connectivity index (χ4v) is 2.58. The zero-order chi connectivity index (χ0) is 21.1. The third kappa shape index (κ3) is 6.40. The van der Waals surface area contributed by atoms with Crippen LogP contribution in [0.2, 0.25) is 0 Å². The number of terminal acetylenes is 1. The van der Waals surface area contributed by atoms with Crippen LogP contribution in [0.1, 0.15) is 23.6 Å². The first-order valence-corrected chi connectivity index (χ1v) is 8.94. The van der Waals surface area contributed by atoms with E-state index in [1.165, 1.54) is 18.3 Å². The van der Waals surface area contributed by atoms with Crippen LogP contribution in [0, 0.1) is 22.5 Å². The molecule has 0 fully saturated rings. The minimum Gasteiger partial charge on any atom is -0.490 e. The number of nitrogens with zero attached hydrogens (tertiary/aromatic N) is 2. The Morgan fingerprint density at radius 2 is 2.14 bits per heavy atom. The maximum absolute atomic E-state index is 10.8. The highest BCUT2D eigenvalue weighted by molar-refractivity contribution is 5.81. The normalized spacial score (nSPS) is 10.3. The molecule has 0 N–H and O–H groups in total. The second kappa shape index (κ2) is 11.1. The summed E-state index contributed by atoms with van der Waals surface area (Å²) < 4.78 is 11.3. The Hall–Kier alpha value is -3.79. The molecule has 0 radical (unpaired) electrons. The van der Waals surface area contributed by atoms with Crippen LogP contribution in [0.15, 0.2) is 54.2 Å². The summed E-state index contributed by atoms with van der Waals surface area (Å²) in [6, 6.07) is 9.87. The summed E-state index contributed by atoms with van der Waals surface area (Å²) >= 11 is 0. The zero-order valence-corrected chi connectivity index (χ0v) is 16.2. The predicted molar refractivity (Wildman–Crippen MR) is 111 cm³/mol. The van der Waals surface area contributed by atoms with E-state index in [1.54, 1.807) is 24.3 Å². The van der Waals surface area contributed by atoms with Gasteiger partial charge in [0, 0.05) is 23.3 Å². The maximum Gasteiger partial charge on any atom is 0.269 e. The van der Waals surface area contributed by atoms with Crippen LogP contribution in [-0.4, -0.2) is 24.4 Å². The van der Waals surface area contributed by atoms with Gasteiger partial charge in [-0.2, -0.15) is 0 Å². The van der Waals surface area contributed by atoms with Gasteiger partial charge in [-0.15, -0.1) is 13.0 Å². The smallest absolute Gasteiger partial charge is 0.269 e. The van der Waals surface area contributed by atoms with Gasteiger partial charge in [0.2, 0.25) is 0 Å². The van der Waals surface area contributed by atoms with E-state index in [0.717, 1.165) is 11.1 Å². The van der Waals surface area contributed by atoms with Crippen LogP contribution in [0.25, 0.3) is 0 Å². The summed E-state index contributed by atoms with van der Waals surface area (Å²) in [6.45, 7) is 6.35. The van der Waals surface area contributed by atoms with E-state index in [1.807, 2.05) is 13.0 Å². The zero-order valence-electron chi connectivity index (χ0n) is 16.2. The van der Waals surface area contributed by atoms with Crippen LogP contribution in [0.3, 0.4) is 0 Å². The largest absolute Gasteiger partial charge is 0.490 e. The highest BCUT2D eigenvalue weighted by Crippen LogP contribution is 2.33. The van der Waals surface area contributed by atoms with E-state index in [2.05, 4.69) is 17.7 Å². The first-order valence-electron chi connectivity index (χ1n) is 8.94. The lowest BCUT2D eigenvalue weighted by atomic mass is 10.1. The lowest BCUT2D eigenvalue weighted by Gasteiger charge is -2.15. The first kappa shape index (κ1) is 21.5. The Labute approximate surface area is 169 Å². The Balaban J connectivity index is 2.16. The standard InChI is InChI=1S/C22H22N2O5/c1-4-8-19-12-18(14-21(27-6-3)22(19)28-11-5-2)15-23-29-16-17-9-7-10-20(13-17)24(25)26/h2,4,7,9-10,12-15H,1,6,8,11,16H2,3H3/b23-15-. The van der Waals surface area contributed by atoms with Gasteiger partial charge in [-0.3, -0.25) is 10.1 Å². The number of hydrogen-bond acceptors (Lipinski definition) is 6. The number of rotatable bonds is 11. The molecule has 2 rings (SSSR count). The topological polar surface area (TPSA) is 83.2 Å². The van der Waals surface area contributed by atoms with Crippen molar-refractivity contribution in [2.75, 3.05) is 13.2 Å². The van der Waals surface area contributed by atoms with Gasteiger partial charge in [0.25, 0.3) is 5.69 Å². The van der Waals surface area contributed by atoms with Crippen molar-refractivity contribution in [2.24, 2.45) is 5.16 Å². The quantitative estimate of drug-likeness (QED) is 0.187. The number of oxime groups is 1. The summed E-state index contributed by atoms with van der Waals surface area (Å²) in [6.07, 6.45) is 9.16. The summed E-state index contributed by atoms with van der Waals surface area (Å²) in [5, 5.41) is 14.8. The monoisotopic (exact) mass is 394 g/mol. The van der Waals surface area contributed by atoms with Crippen LogP contribution in [-0.2, 0) is 17.9 Å². The minimum absolute atomic E-state index is 0.00746. The molecule has 7 heteroatoms. The number of hydrogen-bond donors (Lipinski definition) is 0. The number of non-ortho nitro benzene ring substituents is 1. The molecule has 0 atom stereocenters. The molecule has 0 saturated carbocycles. The number of benzene rings is 2.